The van der Waals surface area contributed by atoms with E-state index in [1.54, 1.807) is 0 Å². The first-order chi connectivity index (χ1) is 5.19. The first-order valence-electron chi connectivity index (χ1n) is 4.40. The van der Waals surface area contributed by atoms with Crippen LogP contribution in [0.2, 0.25) is 0 Å². The number of Topliss-reactive ketones (excluding diaryl/α,β-unsaturated/α-hetero) is 1. The summed E-state index contributed by atoms with van der Waals surface area (Å²) < 4.78 is 0. The Morgan fingerprint density at radius 2 is 2.36 bits per heavy atom. The fourth-order valence-electron chi connectivity index (χ4n) is 1.60. The van der Waals surface area contributed by atoms with Crippen LogP contribution in [0.4, 0.5) is 0 Å². The molecule has 1 nitrogen and oxygen atoms in total. The van der Waals surface area contributed by atoms with Gasteiger partial charge in [-0.25, -0.2) is 0 Å². The molecule has 1 fully saturated rings. The summed E-state index contributed by atoms with van der Waals surface area (Å²) in [4.78, 5) is 11.4. The molecule has 0 unspecified atom stereocenters. The van der Waals surface area contributed by atoms with Crippen LogP contribution >= 0.6 is 0 Å². The van der Waals surface area contributed by atoms with Gasteiger partial charge in [0.25, 0.3) is 0 Å². The Labute approximate surface area is 68.5 Å². The second-order valence-corrected chi connectivity index (χ2v) is 3.50. The van der Waals surface area contributed by atoms with E-state index in [9.17, 15) is 4.79 Å². The Morgan fingerprint density at radius 1 is 1.64 bits per heavy atom. The van der Waals surface area contributed by atoms with Gasteiger partial charge in [-0.15, -0.1) is 0 Å². The Hall–Kier alpha value is -0.590. The first-order valence-corrected chi connectivity index (χ1v) is 4.40. The normalized spacial score (nSPS) is 32.0. The van der Waals surface area contributed by atoms with Crippen LogP contribution in [-0.2, 0) is 4.79 Å². The summed E-state index contributed by atoms with van der Waals surface area (Å²) in [6.45, 7) is 4.15. The van der Waals surface area contributed by atoms with E-state index in [2.05, 4.69) is 26.0 Å². The van der Waals surface area contributed by atoms with E-state index < -0.39 is 0 Å². The number of allylic oxidation sites excluding steroid dienone is 2. The number of ketones is 1. The molecule has 0 N–H and O–H groups in total. The molecule has 0 heterocycles. The van der Waals surface area contributed by atoms with E-state index in [1.807, 2.05) is 0 Å². The molecule has 0 amide bonds. The minimum Gasteiger partial charge on any atom is -0.299 e. The Balaban J connectivity index is 2.65. The highest BCUT2D eigenvalue weighted by molar-refractivity contribution is 5.88. The lowest BCUT2D eigenvalue weighted by Gasteiger charge is -2.15. The molecule has 1 heteroatoms. The molecule has 1 rings (SSSR count). The Bertz CT molecular complexity index is 181. The van der Waals surface area contributed by atoms with Gasteiger partial charge in [0.15, 0.2) is 0 Å². The lowest BCUT2D eigenvalue weighted by atomic mass is 9.87. The SMILES string of the molecule is CC/C=C/[C@@]1(C)CCCC1=O. The molecule has 0 bridgehead atoms. The largest absolute Gasteiger partial charge is 0.299 e. The molecule has 0 aromatic carbocycles. The number of carbonyl (C=O) groups excluding carboxylic acids is 1. The highest BCUT2D eigenvalue weighted by Gasteiger charge is 2.34. The summed E-state index contributed by atoms with van der Waals surface area (Å²) in [6, 6.07) is 0. The van der Waals surface area contributed by atoms with Gasteiger partial charge in [-0.05, 0) is 26.2 Å². The van der Waals surface area contributed by atoms with Crippen molar-refractivity contribution in [1.29, 1.82) is 0 Å². The van der Waals surface area contributed by atoms with Crippen molar-refractivity contribution in [2.24, 2.45) is 5.41 Å². The maximum atomic E-state index is 11.4. The van der Waals surface area contributed by atoms with Crippen LogP contribution in [0.3, 0.4) is 0 Å². The molecule has 1 aliphatic rings. The van der Waals surface area contributed by atoms with Crippen molar-refractivity contribution in [2.75, 3.05) is 0 Å². The average molecular weight is 152 g/mol. The summed E-state index contributed by atoms with van der Waals surface area (Å²) in [7, 11) is 0. The molecule has 1 atom stereocenters. The van der Waals surface area contributed by atoms with E-state index in [1.165, 1.54) is 0 Å². The molecule has 1 aliphatic carbocycles. The topological polar surface area (TPSA) is 17.1 Å². The van der Waals surface area contributed by atoms with Crippen molar-refractivity contribution in [1.82, 2.24) is 0 Å². The van der Waals surface area contributed by atoms with E-state index in [4.69, 9.17) is 0 Å². The predicted octanol–water partition coefficient (Wildman–Crippen LogP) is 2.71. The molecule has 0 aliphatic heterocycles. The minimum atomic E-state index is -0.115. The maximum Gasteiger partial charge on any atom is 0.142 e. The number of hydrogen-bond acceptors (Lipinski definition) is 1. The smallest absolute Gasteiger partial charge is 0.142 e. The van der Waals surface area contributed by atoms with Crippen LogP contribution in [0, 0.1) is 5.41 Å². The summed E-state index contributed by atoms with van der Waals surface area (Å²) >= 11 is 0. The molecule has 1 saturated carbocycles. The molecular formula is C10H16O. The van der Waals surface area contributed by atoms with Crippen molar-refractivity contribution < 1.29 is 4.79 Å². The zero-order valence-electron chi connectivity index (χ0n) is 7.39. The fraction of sp³-hybridized carbons (Fsp3) is 0.700. The van der Waals surface area contributed by atoms with Gasteiger partial charge in [-0.2, -0.15) is 0 Å². The average Bonchev–Trinajstić information content (AvgIpc) is 2.30. The number of carbonyl (C=O) groups is 1. The molecule has 11 heavy (non-hydrogen) atoms. The van der Waals surface area contributed by atoms with E-state index in [0.29, 0.717) is 5.78 Å². The van der Waals surface area contributed by atoms with Crippen molar-refractivity contribution >= 4 is 5.78 Å². The van der Waals surface area contributed by atoms with Gasteiger partial charge in [-0.1, -0.05) is 19.1 Å². The van der Waals surface area contributed by atoms with Crippen molar-refractivity contribution in [3.05, 3.63) is 12.2 Å². The van der Waals surface area contributed by atoms with Crippen molar-refractivity contribution in [3.63, 3.8) is 0 Å². The van der Waals surface area contributed by atoms with E-state index >= 15 is 0 Å². The predicted molar refractivity (Wildman–Crippen MR) is 46.4 cm³/mol. The van der Waals surface area contributed by atoms with Gasteiger partial charge in [0.1, 0.15) is 5.78 Å². The summed E-state index contributed by atoms with van der Waals surface area (Å²) in [6.07, 6.45) is 8.12. The lowest BCUT2D eigenvalue weighted by Crippen LogP contribution is -2.17. The zero-order chi connectivity index (χ0) is 8.32. The molecule has 0 radical (unpaired) electrons. The molecule has 0 spiro atoms. The van der Waals surface area contributed by atoms with Gasteiger partial charge in [0, 0.05) is 11.8 Å². The third kappa shape index (κ3) is 1.70. The molecule has 0 aromatic rings. The second kappa shape index (κ2) is 3.21. The van der Waals surface area contributed by atoms with Crippen LogP contribution < -0.4 is 0 Å². The van der Waals surface area contributed by atoms with Crippen LogP contribution in [0.5, 0.6) is 0 Å². The molecular weight excluding hydrogens is 136 g/mol. The van der Waals surface area contributed by atoms with Crippen molar-refractivity contribution in [3.8, 4) is 0 Å². The van der Waals surface area contributed by atoms with Gasteiger partial charge < -0.3 is 0 Å². The summed E-state index contributed by atoms with van der Waals surface area (Å²) in [5.74, 6) is 0.419. The van der Waals surface area contributed by atoms with Gasteiger partial charge in [0.05, 0.1) is 0 Å². The standard InChI is InChI=1S/C10H16O/c1-3-4-7-10(2)8-5-6-9(10)11/h4,7H,3,5-6,8H2,1-2H3/b7-4+/t10-/m0/s1. The van der Waals surface area contributed by atoms with Crippen LogP contribution in [0.15, 0.2) is 12.2 Å². The van der Waals surface area contributed by atoms with Gasteiger partial charge in [0.2, 0.25) is 0 Å². The summed E-state index contributed by atoms with van der Waals surface area (Å²) in [5.41, 5.74) is -0.115. The fourth-order valence-corrected chi connectivity index (χ4v) is 1.60. The monoisotopic (exact) mass is 152 g/mol. The molecule has 0 aromatic heterocycles. The zero-order valence-corrected chi connectivity index (χ0v) is 7.39. The van der Waals surface area contributed by atoms with Crippen LogP contribution in [0.1, 0.15) is 39.5 Å². The van der Waals surface area contributed by atoms with Gasteiger partial charge >= 0.3 is 0 Å². The van der Waals surface area contributed by atoms with E-state index in [-0.39, 0.29) is 5.41 Å². The highest BCUT2D eigenvalue weighted by Crippen LogP contribution is 2.35. The van der Waals surface area contributed by atoms with Crippen LogP contribution in [-0.4, -0.2) is 5.78 Å². The maximum absolute atomic E-state index is 11.4. The highest BCUT2D eigenvalue weighted by atomic mass is 16.1. The Kier molecular flexibility index (Phi) is 2.48. The third-order valence-corrected chi connectivity index (χ3v) is 2.46. The summed E-state index contributed by atoms with van der Waals surface area (Å²) in [5, 5.41) is 0. The second-order valence-electron chi connectivity index (χ2n) is 3.50. The minimum absolute atomic E-state index is 0.115. The third-order valence-electron chi connectivity index (χ3n) is 2.46. The number of rotatable bonds is 2. The molecule has 0 saturated heterocycles. The molecule has 62 valence electrons. The Morgan fingerprint density at radius 3 is 2.82 bits per heavy atom. The van der Waals surface area contributed by atoms with Crippen molar-refractivity contribution in [2.45, 2.75) is 39.5 Å². The van der Waals surface area contributed by atoms with Crippen LogP contribution in [0.25, 0.3) is 0 Å². The lowest BCUT2D eigenvalue weighted by molar-refractivity contribution is -0.123. The van der Waals surface area contributed by atoms with E-state index in [0.717, 1.165) is 25.7 Å². The number of hydrogen-bond donors (Lipinski definition) is 0. The first kappa shape index (κ1) is 8.51. The van der Waals surface area contributed by atoms with Gasteiger partial charge in [-0.3, -0.25) is 4.79 Å². The quantitative estimate of drug-likeness (QED) is 0.556.